The van der Waals surface area contributed by atoms with Gasteiger partial charge in [0, 0.05) is 15.9 Å². The molecule has 1 heterocycles. The summed E-state index contributed by atoms with van der Waals surface area (Å²) in [6.45, 7) is 6.16. The van der Waals surface area contributed by atoms with Crippen molar-refractivity contribution >= 4 is 61.7 Å². The Kier molecular flexibility index (Phi) is 7.92. The number of aryl methyl sites for hydroxylation is 2. The fourth-order valence-corrected chi connectivity index (χ4v) is 3.91. The molecule has 3 rings (SSSR count). The number of nitrogens with zero attached hydrogens (tertiary/aromatic N) is 1. The van der Waals surface area contributed by atoms with E-state index < -0.39 is 0 Å². The molecule has 0 aliphatic carbocycles. The number of rotatable bonds is 6. The van der Waals surface area contributed by atoms with E-state index in [1.807, 2.05) is 50.2 Å². The first-order valence-electron chi connectivity index (χ1n) is 9.85. The number of aliphatic imine (C=N–C) groups is 1. The van der Waals surface area contributed by atoms with Crippen LogP contribution in [0.4, 0.5) is 17.1 Å². The summed E-state index contributed by atoms with van der Waals surface area (Å²) in [6, 6.07) is 11.4. The minimum absolute atomic E-state index is 0.102. The molecule has 1 aliphatic rings. The van der Waals surface area contributed by atoms with Crippen LogP contribution in [0.25, 0.3) is 0 Å². The lowest BCUT2D eigenvalue weighted by atomic mass is 10.1. The highest BCUT2D eigenvalue weighted by Gasteiger charge is 2.17. The maximum absolute atomic E-state index is 12.4. The Morgan fingerprint density at radius 1 is 1.16 bits per heavy atom. The number of hydrogen-bond donors (Lipinski definition) is 2. The number of nitrogens with one attached hydrogen (secondary N) is 2. The third-order valence-corrected chi connectivity index (χ3v) is 5.99. The fourth-order valence-electron chi connectivity index (χ4n) is 2.91. The molecular weight excluding hydrogens is 478 g/mol. The van der Waals surface area contributed by atoms with Crippen molar-refractivity contribution in [3.8, 4) is 0 Å². The molecule has 162 valence electrons. The van der Waals surface area contributed by atoms with E-state index >= 15 is 0 Å². The summed E-state index contributed by atoms with van der Waals surface area (Å²) in [4.78, 5) is 29.2. The van der Waals surface area contributed by atoms with Crippen LogP contribution in [0.3, 0.4) is 0 Å². The zero-order valence-electron chi connectivity index (χ0n) is 17.6. The first-order valence-corrected chi connectivity index (χ1v) is 11.6. The second-order valence-corrected chi connectivity index (χ2v) is 8.94. The first-order chi connectivity index (χ1) is 14.8. The molecule has 2 aromatic rings. The van der Waals surface area contributed by atoms with Gasteiger partial charge in [-0.25, -0.2) is 4.99 Å². The number of hydrogen-bond acceptors (Lipinski definition) is 6. The van der Waals surface area contributed by atoms with Crippen molar-refractivity contribution in [1.29, 1.82) is 0 Å². The highest BCUT2D eigenvalue weighted by molar-refractivity contribution is 9.10. The molecule has 0 atom stereocenters. The number of anilines is 2. The molecule has 0 radical (unpaired) electrons. The van der Waals surface area contributed by atoms with Gasteiger partial charge in [0.15, 0.2) is 0 Å². The third-order valence-electron chi connectivity index (χ3n) is 4.55. The SMILES string of the molecule is CCOC(=O)CC1=CC(SCC(=O)Nc2ccc(Br)cc2)=Nc2cc(C)c(C)cc2N1. The fraction of sp³-hybridized carbons (Fsp3) is 0.261. The first kappa shape index (κ1) is 23.1. The highest BCUT2D eigenvalue weighted by Crippen LogP contribution is 2.34. The van der Waals surface area contributed by atoms with E-state index in [2.05, 4.69) is 26.6 Å². The van der Waals surface area contributed by atoms with Gasteiger partial charge in [-0.3, -0.25) is 9.59 Å². The number of fused-ring (bicyclic) bond motifs is 1. The summed E-state index contributed by atoms with van der Waals surface area (Å²) >= 11 is 4.70. The quantitative estimate of drug-likeness (QED) is 0.494. The van der Waals surface area contributed by atoms with Crippen LogP contribution in [0.2, 0.25) is 0 Å². The van der Waals surface area contributed by atoms with Gasteiger partial charge in [-0.1, -0.05) is 27.7 Å². The van der Waals surface area contributed by atoms with E-state index in [1.165, 1.54) is 11.8 Å². The van der Waals surface area contributed by atoms with Crippen LogP contribution in [-0.4, -0.2) is 29.3 Å². The van der Waals surface area contributed by atoms with Gasteiger partial charge in [0.25, 0.3) is 0 Å². The van der Waals surface area contributed by atoms with Gasteiger partial charge >= 0.3 is 5.97 Å². The third kappa shape index (κ3) is 6.70. The minimum Gasteiger partial charge on any atom is -0.466 e. The Morgan fingerprint density at radius 2 is 1.87 bits per heavy atom. The average molecular weight is 502 g/mol. The van der Waals surface area contributed by atoms with Crippen molar-refractivity contribution in [3.63, 3.8) is 0 Å². The molecule has 0 spiro atoms. The molecule has 1 aliphatic heterocycles. The zero-order chi connectivity index (χ0) is 22.4. The molecule has 8 heteroatoms. The lowest BCUT2D eigenvalue weighted by Crippen LogP contribution is -2.15. The smallest absolute Gasteiger partial charge is 0.311 e. The molecule has 0 saturated heterocycles. The van der Waals surface area contributed by atoms with Gasteiger partial charge in [0.05, 0.1) is 35.2 Å². The van der Waals surface area contributed by atoms with Gasteiger partial charge in [0.1, 0.15) is 0 Å². The number of carbonyl (C=O) groups excluding carboxylic acids is 2. The molecule has 31 heavy (non-hydrogen) atoms. The standard InChI is InChI=1S/C23H24BrN3O3S/c1-4-30-23(29)12-18-11-22(27-20-10-15(3)14(2)9-19(20)25-18)31-13-21(28)26-17-7-5-16(24)6-8-17/h5-11,25H,4,12-13H2,1-3H3,(H,26,28). The van der Waals surface area contributed by atoms with Crippen molar-refractivity contribution in [3.05, 3.63) is 63.8 Å². The van der Waals surface area contributed by atoms with Crippen LogP contribution >= 0.6 is 27.7 Å². The van der Waals surface area contributed by atoms with E-state index in [-0.39, 0.29) is 24.1 Å². The van der Waals surface area contributed by atoms with Crippen LogP contribution in [0.5, 0.6) is 0 Å². The van der Waals surface area contributed by atoms with Crippen molar-refractivity contribution in [2.24, 2.45) is 4.99 Å². The number of halogens is 1. The number of ether oxygens (including phenoxy) is 1. The van der Waals surface area contributed by atoms with Crippen LogP contribution in [0.15, 0.2) is 57.6 Å². The zero-order valence-corrected chi connectivity index (χ0v) is 20.0. The van der Waals surface area contributed by atoms with Gasteiger partial charge in [-0.2, -0.15) is 0 Å². The van der Waals surface area contributed by atoms with Crippen molar-refractivity contribution in [2.45, 2.75) is 27.2 Å². The molecule has 2 aromatic carbocycles. The van der Waals surface area contributed by atoms with E-state index in [0.29, 0.717) is 17.3 Å². The summed E-state index contributed by atoms with van der Waals surface area (Å²) in [6.07, 6.45) is 1.91. The summed E-state index contributed by atoms with van der Waals surface area (Å²) in [5, 5.41) is 6.83. The monoisotopic (exact) mass is 501 g/mol. The van der Waals surface area contributed by atoms with Crippen molar-refractivity contribution in [2.75, 3.05) is 23.0 Å². The predicted octanol–water partition coefficient (Wildman–Crippen LogP) is 5.73. The number of benzene rings is 2. The molecule has 0 saturated carbocycles. The van der Waals surface area contributed by atoms with Gasteiger partial charge in [-0.05, 0) is 74.4 Å². The van der Waals surface area contributed by atoms with Crippen LogP contribution in [-0.2, 0) is 14.3 Å². The number of carbonyl (C=O) groups is 2. The Hall–Kier alpha value is -2.58. The number of thioether (sulfide) groups is 1. The molecule has 2 N–H and O–H groups in total. The maximum atomic E-state index is 12.4. The molecular formula is C23H24BrN3O3S. The Balaban J connectivity index is 1.77. The highest BCUT2D eigenvalue weighted by atomic mass is 79.9. The summed E-state index contributed by atoms with van der Waals surface area (Å²) in [7, 11) is 0. The van der Waals surface area contributed by atoms with E-state index in [1.54, 1.807) is 13.0 Å². The molecule has 0 aromatic heterocycles. The van der Waals surface area contributed by atoms with E-state index in [4.69, 9.17) is 9.73 Å². The van der Waals surface area contributed by atoms with Crippen LogP contribution in [0.1, 0.15) is 24.5 Å². The number of amides is 1. The van der Waals surface area contributed by atoms with Crippen LogP contribution < -0.4 is 10.6 Å². The molecule has 6 nitrogen and oxygen atoms in total. The summed E-state index contributed by atoms with van der Waals surface area (Å²) in [5.41, 5.74) is 5.26. The molecule has 0 bridgehead atoms. The normalized spacial score (nSPS) is 12.6. The topological polar surface area (TPSA) is 79.8 Å². The minimum atomic E-state index is -0.314. The number of esters is 1. The van der Waals surface area contributed by atoms with E-state index in [0.717, 1.165) is 32.7 Å². The van der Waals surface area contributed by atoms with E-state index in [9.17, 15) is 9.59 Å². The molecule has 1 amide bonds. The van der Waals surface area contributed by atoms with Crippen molar-refractivity contribution in [1.82, 2.24) is 0 Å². The van der Waals surface area contributed by atoms with Gasteiger partial charge in [0.2, 0.25) is 5.91 Å². The predicted molar refractivity (Wildman–Crippen MR) is 131 cm³/mol. The Morgan fingerprint density at radius 3 is 2.58 bits per heavy atom. The second-order valence-electron chi connectivity index (χ2n) is 7.02. The Labute approximate surface area is 194 Å². The average Bonchev–Trinajstić information content (AvgIpc) is 2.87. The molecule has 0 unspecified atom stereocenters. The second kappa shape index (κ2) is 10.6. The summed E-state index contributed by atoms with van der Waals surface area (Å²) < 4.78 is 6.04. The Bertz CT molecular complexity index is 1050. The largest absolute Gasteiger partial charge is 0.466 e. The van der Waals surface area contributed by atoms with Crippen LogP contribution in [0, 0.1) is 13.8 Å². The van der Waals surface area contributed by atoms with Gasteiger partial charge in [-0.15, -0.1) is 0 Å². The molecule has 0 fully saturated rings. The lowest BCUT2D eigenvalue weighted by molar-refractivity contribution is -0.142. The van der Waals surface area contributed by atoms with Gasteiger partial charge < -0.3 is 15.4 Å². The maximum Gasteiger partial charge on any atom is 0.311 e. The summed E-state index contributed by atoms with van der Waals surface area (Å²) in [5.74, 6) is -0.253. The lowest BCUT2D eigenvalue weighted by Gasteiger charge is -2.12. The van der Waals surface area contributed by atoms with Crippen molar-refractivity contribution < 1.29 is 14.3 Å².